The third kappa shape index (κ3) is 3.40. The summed E-state index contributed by atoms with van der Waals surface area (Å²) >= 11 is 1.61. The molecule has 0 bridgehead atoms. The van der Waals surface area contributed by atoms with E-state index in [2.05, 4.69) is 5.43 Å². The molecule has 1 aromatic carbocycles. The van der Waals surface area contributed by atoms with E-state index in [-0.39, 0.29) is 17.7 Å². The van der Waals surface area contributed by atoms with Crippen LogP contribution < -0.4 is 11.3 Å². The fourth-order valence-electron chi connectivity index (χ4n) is 2.13. The van der Waals surface area contributed by atoms with E-state index in [1.807, 2.05) is 24.3 Å². The van der Waals surface area contributed by atoms with E-state index in [9.17, 15) is 13.2 Å². The van der Waals surface area contributed by atoms with Gasteiger partial charge in [-0.15, -0.1) is 11.8 Å². The van der Waals surface area contributed by atoms with E-state index in [1.165, 1.54) is 5.56 Å². The summed E-state index contributed by atoms with van der Waals surface area (Å²) < 4.78 is 36.7. The molecule has 1 heterocycles. The topological polar surface area (TPSA) is 38.0 Å². The molecule has 18 heavy (non-hydrogen) atoms. The predicted octanol–water partition coefficient (Wildman–Crippen LogP) is 2.88. The van der Waals surface area contributed by atoms with Crippen molar-refractivity contribution in [2.45, 2.75) is 41.6 Å². The minimum Gasteiger partial charge on any atom is -0.271 e. The Labute approximate surface area is 108 Å². The second-order valence-electron chi connectivity index (χ2n) is 4.40. The molecule has 2 atom stereocenters. The molecular formula is C12H15F3N2S. The molecule has 0 saturated carbocycles. The molecule has 100 valence electrons. The van der Waals surface area contributed by atoms with Gasteiger partial charge in [0, 0.05) is 22.6 Å². The first-order valence-corrected chi connectivity index (χ1v) is 6.65. The van der Waals surface area contributed by atoms with Gasteiger partial charge in [-0.05, 0) is 24.5 Å². The first-order chi connectivity index (χ1) is 8.49. The average molecular weight is 276 g/mol. The Morgan fingerprint density at radius 2 is 2.11 bits per heavy atom. The van der Waals surface area contributed by atoms with Gasteiger partial charge >= 0.3 is 6.18 Å². The standard InChI is InChI=1S/C12H15F3N2S/c13-12(14,15)6-5-9(17-16)11-7-8-3-1-2-4-10(8)18-11/h1-4,9,11,17H,5-7,16H2. The normalized spacial score (nSPS) is 20.8. The summed E-state index contributed by atoms with van der Waals surface area (Å²) in [6.45, 7) is 0. The number of rotatable bonds is 4. The molecule has 2 nitrogen and oxygen atoms in total. The van der Waals surface area contributed by atoms with Gasteiger partial charge in [-0.25, -0.2) is 0 Å². The second-order valence-corrected chi connectivity index (χ2v) is 5.68. The number of thioether (sulfide) groups is 1. The van der Waals surface area contributed by atoms with E-state index in [0.29, 0.717) is 0 Å². The monoisotopic (exact) mass is 276 g/mol. The van der Waals surface area contributed by atoms with Crippen molar-refractivity contribution in [1.29, 1.82) is 0 Å². The van der Waals surface area contributed by atoms with Crippen molar-refractivity contribution < 1.29 is 13.2 Å². The number of hydrogen-bond acceptors (Lipinski definition) is 3. The van der Waals surface area contributed by atoms with Crippen molar-refractivity contribution in [1.82, 2.24) is 5.43 Å². The van der Waals surface area contributed by atoms with Gasteiger partial charge in [-0.2, -0.15) is 13.2 Å². The maximum atomic E-state index is 12.2. The van der Waals surface area contributed by atoms with Gasteiger partial charge in [0.15, 0.2) is 0 Å². The van der Waals surface area contributed by atoms with Crippen molar-refractivity contribution in [3.8, 4) is 0 Å². The van der Waals surface area contributed by atoms with Crippen LogP contribution in [0.4, 0.5) is 13.2 Å². The van der Waals surface area contributed by atoms with Gasteiger partial charge in [-0.3, -0.25) is 11.3 Å². The molecule has 1 aromatic rings. The van der Waals surface area contributed by atoms with Crippen molar-refractivity contribution in [2.24, 2.45) is 5.84 Å². The lowest BCUT2D eigenvalue weighted by Crippen LogP contribution is -2.43. The highest BCUT2D eigenvalue weighted by atomic mass is 32.2. The van der Waals surface area contributed by atoms with Crippen LogP contribution in [-0.4, -0.2) is 17.5 Å². The molecule has 0 fully saturated rings. The van der Waals surface area contributed by atoms with Crippen LogP contribution in [0.3, 0.4) is 0 Å². The minimum absolute atomic E-state index is 0.0195. The number of halogens is 3. The lowest BCUT2D eigenvalue weighted by Gasteiger charge is -2.22. The maximum Gasteiger partial charge on any atom is 0.389 e. The van der Waals surface area contributed by atoms with Crippen LogP contribution in [0.5, 0.6) is 0 Å². The summed E-state index contributed by atoms with van der Waals surface area (Å²) in [5.41, 5.74) is 3.72. The lowest BCUT2D eigenvalue weighted by atomic mass is 10.0. The fourth-order valence-corrected chi connectivity index (χ4v) is 3.56. The van der Waals surface area contributed by atoms with Crippen molar-refractivity contribution >= 4 is 11.8 Å². The summed E-state index contributed by atoms with van der Waals surface area (Å²) in [7, 11) is 0. The van der Waals surface area contributed by atoms with Crippen LogP contribution in [0, 0.1) is 0 Å². The fraction of sp³-hybridized carbons (Fsp3) is 0.500. The van der Waals surface area contributed by atoms with Gasteiger partial charge in [0.2, 0.25) is 0 Å². The molecule has 2 rings (SSSR count). The molecule has 0 aromatic heterocycles. The molecule has 2 unspecified atom stereocenters. The zero-order chi connectivity index (χ0) is 13.2. The van der Waals surface area contributed by atoms with E-state index in [0.717, 1.165) is 11.3 Å². The molecule has 0 saturated heterocycles. The highest BCUT2D eigenvalue weighted by Gasteiger charge is 2.33. The summed E-state index contributed by atoms with van der Waals surface area (Å²) in [5.74, 6) is 5.39. The van der Waals surface area contributed by atoms with Gasteiger partial charge in [0.05, 0.1) is 0 Å². The molecular weight excluding hydrogens is 261 g/mol. The first-order valence-electron chi connectivity index (χ1n) is 5.77. The predicted molar refractivity (Wildman–Crippen MR) is 66.2 cm³/mol. The van der Waals surface area contributed by atoms with Gasteiger partial charge < -0.3 is 0 Å². The Hall–Kier alpha value is -0.720. The third-order valence-corrected chi connectivity index (χ3v) is 4.52. The lowest BCUT2D eigenvalue weighted by molar-refractivity contribution is -0.136. The largest absolute Gasteiger partial charge is 0.389 e. The molecule has 0 spiro atoms. The SMILES string of the molecule is NNC(CCC(F)(F)F)C1Cc2ccccc2S1. The van der Waals surface area contributed by atoms with E-state index in [4.69, 9.17) is 5.84 Å². The van der Waals surface area contributed by atoms with Crippen LogP contribution in [0.2, 0.25) is 0 Å². The van der Waals surface area contributed by atoms with E-state index >= 15 is 0 Å². The molecule has 6 heteroatoms. The maximum absolute atomic E-state index is 12.2. The molecule has 1 aliphatic rings. The Kier molecular flexibility index (Phi) is 4.19. The third-order valence-electron chi connectivity index (χ3n) is 3.07. The van der Waals surface area contributed by atoms with Crippen molar-refractivity contribution in [3.05, 3.63) is 29.8 Å². The van der Waals surface area contributed by atoms with Gasteiger partial charge in [0.25, 0.3) is 0 Å². The summed E-state index contributed by atoms with van der Waals surface area (Å²) in [6.07, 6.45) is -4.13. The average Bonchev–Trinajstić information content (AvgIpc) is 2.71. The molecule has 0 amide bonds. The summed E-state index contributed by atoms with van der Waals surface area (Å²) in [5, 5.41) is 0.0785. The first kappa shape index (κ1) is 13.7. The quantitative estimate of drug-likeness (QED) is 0.656. The number of fused-ring (bicyclic) bond motifs is 1. The number of nitrogens with one attached hydrogen (secondary N) is 1. The highest BCUT2D eigenvalue weighted by molar-refractivity contribution is 8.00. The van der Waals surface area contributed by atoms with E-state index in [1.54, 1.807) is 11.8 Å². The second kappa shape index (κ2) is 5.50. The number of hydrazine groups is 1. The Bertz CT molecular complexity index is 384. The number of nitrogens with two attached hydrogens (primary N) is 1. The zero-order valence-electron chi connectivity index (χ0n) is 9.70. The molecule has 0 aliphatic carbocycles. The Morgan fingerprint density at radius 3 is 2.72 bits per heavy atom. The molecule has 0 radical (unpaired) electrons. The van der Waals surface area contributed by atoms with Gasteiger partial charge in [-0.1, -0.05) is 18.2 Å². The zero-order valence-corrected chi connectivity index (χ0v) is 10.5. The smallest absolute Gasteiger partial charge is 0.271 e. The van der Waals surface area contributed by atoms with Crippen LogP contribution in [0.25, 0.3) is 0 Å². The van der Waals surface area contributed by atoms with Crippen LogP contribution in [0.1, 0.15) is 18.4 Å². The number of alkyl halides is 3. The van der Waals surface area contributed by atoms with Crippen LogP contribution in [0.15, 0.2) is 29.2 Å². The summed E-state index contributed by atoms with van der Waals surface area (Å²) in [6, 6.07) is 7.58. The Morgan fingerprint density at radius 1 is 1.39 bits per heavy atom. The minimum atomic E-state index is -4.12. The number of hydrogen-bond donors (Lipinski definition) is 2. The highest BCUT2D eigenvalue weighted by Crippen LogP contribution is 2.39. The van der Waals surface area contributed by atoms with E-state index < -0.39 is 12.6 Å². The number of benzene rings is 1. The Balaban J connectivity index is 1.96. The molecule has 1 aliphatic heterocycles. The summed E-state index contributed by atoms with van der Waals surface area (Å²) in [4.78, 5) is 1.15. The van der Waals surface area contributed by atoms with Crippen molar-refractivity contribution in [3.63, 3.8) is 0 Å². The van der Waals surface area contributed by atoms with Crippen LogP contribution >= 0.6 is 11.8 Å². The van der Waals surface area contributed by atoms with Crippen molar-refractivity contribution in [2.75, 3.05) is 0 Å². The van der Waals surface area contributed by atoms with Gasteiger partial charge in [0.1, 0.15) is 0 Å². The molecule has 3 N–H and O–H groups in total. The van der Waals surface area contributed by atoms with Crippen LogP contribution in [-0.2, 0) is 6.42 Å².